The molecular weight excluding hydrogens is 384 g/mol. The fraction of sp³-hybridized carbons (Fsp3) is 0.318. The quantitative estimate of drug-likeness (QED) is 0.601. The molecule has 0 bridgehead atoms. The maximum atomic E-state index is 6.02. The molecule has 4 rings (SSSR count). The van der Waals surface area contributed by atoms with Crippen LogP contribution in [-0.4, -0.2) is 60.1 Å². The van der Waals surface area contributed by atoms with Crippen molar-refractivity contribution in [2.24, 2.45) is 0 Å². The number of hydrogen-bond acceptors (Lipinski definition) is 6. The van der Waals surface area contributed by atoms with Crippen molar-refractivity contribution in [1.29, 1.82) is 0 Å². The molecule has 3 heterocycles. The summed E-state index contributed by atoms with van der Waals surface area (Å²) in [5.74, 6) is 0.783. The number of nitrogens with zero attached hydrogens (tertiary/aromatic N) is 6. The predicted octanol–water partition coefficient (Wildman–Crippen LogP) is 3.58. The highest BCUT2D eigenvalue weighted by molar-refractivity contribution is 6.29. The Morgan fingerprint density at radius 1 is 0.897 bits per heavy atom. The molecule has 1 aliphatic heterocycles. The molecule has 0 radical (unpaired) electrons. The lowest BCUT2D eigenvalue weighted by Gasteiger charge is -2.36. The van der Waals surface area contributed by atoms with Crippen molar-refractivity contribution in [2.45, 2.75) is 6.54 Å². The predicted molar refractivity (Wildman–Crippen MR) is 119 cm³/mol. The van der Waals surface area contributed by atoms with Crippen molar-refractivity contribution < 1.29 is 0 Å². The lowest BCUT2D eigenvalue weighted by molar-refractivity contribution is 0.402. The molecule has 2 aromatic heterocycles. The average molecular weight is 409 g/mol. The molecule has 7 heteroatoms. The first-order chi connectivity index (χ1) is 14.1. The molecule has 29 heavy (non-hydrogen) atoms. The summed E-state index contributed by atoms with van der Waals surface area (Å²) in [6.45, 7) is 4.46. The Kier molecular flexibility index (Phi) is 5.92. The van der Waals surface area contributed by atoms with E-state index in [1.807, 2.05) is 24.5 Å². The Balaban J connectivity index is 1.41. The van der Waals surface area contributed by atoms with Gasteiger partial charge in [-0.2, -0.15) is 0 Å². The number of halogens is 1. The van der Waals surface area contributed by atoms with Gasteiger partial charge in [-0.3, -0.25) is 0 Å². The Morgan fingerprint density at radius 3 is 2.31 bits per heavy atom. The molecule has 0 unspecified atom stereocenters. The Morgan fingerprint density at radius 2 is 1.62 bits per heavy atom. The number of hydrogen-bond donors (Lipinski definition) is 0. The minimum Gasteiger partial charge on any atom is -0.368 e. The van der Waals surface area contributed by atoms with Crippen LogP contribution in [0.25, 0.3) is 11.1 Å². The van der Waals surface area contributed by atoms with Gasteiger partial charge in [-0.1, -0.05) is 29.8 Å². The Labute approximate surface area is 176 Å². The van der Waals surface area contributed by atoms with Gasteiger partial charge in [-0.05, 0) is 43.4 Å². The Bertz CT molecular complexity index is 952. The van der Waals surface area contributed by atoms with E-state index in [4.69, 9.17) is 11.6 Å². The third-order valence-electron chi connectivity index (χ3n) is 5.04. The van der Waals surface area contributed by atoms with Gasteiger partial charge in [0.15, 0.2) is 0 Å². The van der Waals surface area contributed by atoms with Crippen molar-refractivity contribution in [3.8, 4) is 11.1 Å². The van der Waals surface area contributed by atoms with Gasteiger partial charge in [0.25, 0.3) is 0 Å². The first-order valence-electron chi connectivity index (χ1n) is 9.76. The summed E-state index contributed by atoms with van der Waals surface area (Å²) in [5.41, 5.74) is 4.58. The highest BCUT2D eigenvalue weighted by Gasteiger charge is 2.19. The maximum absolute atomic E-state index is 6.02. The number of rotatable bonds is 5. The van der Waals surface area contributed by atoms with Gasteiger partial charge in [-0.15, -0.1) is 0 Å². The molecule has 6 nitrogen and oxygen atoms in total. The monoisotopic (exact) mass is 408 g/mol. The molecule has 0 atom stereocenters. The first-order valence-corrected chi connectivity index (χ1v) is 10.1. The fourth-order valence-electron chi connectivity index (χ4n) is 3.60. The van der Waals surface area contributed by atoms with E-state index >= 15 is 0 Å². The van der Waals surface area contributed by atoms with E-state index < -0.39 is 0 Å². The number of piperazine rings is 1. The van der Waals surface area contributed by atoms with Crippen LogP contribution < -0.4 is 9.80 Å². The van der Waals surface area contributed by atoms with Crippen molar-refractivity contribution in [1.82, 2.24) is 19.9 Å². The largest absolute Gasteiger partial charge is 0.368 e. The summed E-state index contributed by atoms with van der Waals surface area (Å²) < 4.78 is 0. The lowest BCUT2D eigenvalue weighted by Crippen LogP contribution is -2.47. The van der Waals surface area contributed by atoms with Crippen molar-refractivity contribution in [3.05, 3.63) is 65.7 Å². The topological polar surface area (TPSA) is 48.4 Å². The molecule has 0 aliphatic carbocycles. The molecule has 0 amide bonds. The number of aromatic nitrogens is 3. The van der Waals surface area contributed by atoms with Crippen LogP contribution in [0, 0.1) is 0 Å². The minimum atomic E-state index is 0.526. The van der Waals surface area contributed by atoms with E-state index in [2.05, 4.69) is 68.0 Å². The van der Waals surface area contributed by atoms with Gasteiger partial charge in [0.05, 0.1) is 0 Å². The average Bonchev–Trinajstić information content (AvgIpc) is 2.74. The molecule has 1 fully saturated rings. The van der Waals surface area contributed by atoms with Crippen LogP contribution in [-0.2, 0) is 6.54 Å². The van der Waals surface area contributed by atoms with E-state index in [9.17, 15) is 0 Å². The number of anilines is 2. The maximum Gasteiger partial charge on any atom is 0.225 e. The second kappa shape index (κ2) is 8.76. The van der Waals surface area contributed by atoms with Crippen LogP contribution in [0.2, 0.25) is 5.15 Å². The molecule has 3 aromatic rings. The highest BCUT2D eigenvalue weighted by Crippen LogP contribution is 2.23. The molecule has 0 saturated carbocycles. The second-order valence-electron chi connectivity index (χ2n) is 7.52. The standard InChI is InChI=1S/C22H25ClN6/c1-27(2)16-17-4-3-5-18(12-17)19-14-25-22(26-15-19)29-10-8-28(9-11-29)20-6-7-24-21(23)13-20/h3-7,12-15H,8-11,16H2,1-2H3. The van der Waals surface area contributed by atoms with Gasteiger partial charge in [0, 0.05) is 62.6 Å². The summed E-state index contributed by atoms with van der Waals surface area (Å²) in [6, 6.07) is 12.5. The molecule has 0 N–H and O–H groups in total. The van der Waals surface area contributed by atoms with Gasteiger partial charge in [0.2, 0.25) is 5.95 Å². The van der Waals surface area contributed by atoms with E-state index in [0.717, 1.165) is 55.5 Å². The van der Waals surface area contributed by atoms with Crippen molar-refractivity contribution in [2.75, 3.05) is 50.1 Å². The lowest BCUT2D eigenvalue weighted by atomic mass is 10.1. The molecule has 150 valence electrons. The zero-order chi connectivity index (χ0) is 20.2. The fourth-order valence-corrected chi connectivity index (χ4v) is 3.77. The van der Waals surface area contributed by atoms with Gasteiger partial charge in [-0.25, -0.2) is 15.0 Å². The van der Waals surface area contributed by atoms with Gasteiger partial charge >= 0.3 is 0 Å². The van der Waals surface area contributed by atoms with E-state index in [1.165, 1.54) is 5.56 Å². The van der Waals surface area contributed by atoms with Crippen LogP contribution in [0.3, 0.4) is 0 Å². The normalized spacial score (nSPS) is 14.5. The third kappa shape index (κ3) is 4.83. The Hall–Kier alpha value is -2.70. The molecular formula is C22H25ClN6. The van der Waals surface area contributed by atoms with Crippen molar-refractivity contribution >= 4 is 23.2 Å². The van der Waals surface area contributed by atoms with Crippen molar-refractivity contribution in [3.63, 3.8) is 0 Å². The number of pyridine rings is 1. The summed E-state index contributed by atoms with van der Waals surface area (Å²) in [4.78, 5) is 20.0. The first kappa shape index (κ1) is 19.6. The smallest absolute Gasteiger partial charge is 0.225 e. The second-order valence-corrected chi connectivity index (χ2v) is 7.91. The zero-order valence-electron chi connectivity index (χ0n) is 16.8. The van der Waals surface area contributed by atoms with Crippen LogP contribution >= 0.6 is 11.6 Å². The third-order valence-corrected chi connectivity index (χ3v) is 5.24. The summed E-state index contributed by atoms with van der Waals surface area (Å²) in [6.07, 6.45) is 5.59. The molecule has 1 aliphatic rings. The van der Waals surface area contributed by atoms with E-state index in [0.29, 0.717) is 5.15 Å². The summed E-state index contributed by atoms with van der Waals surface area (Å²) in [7, 11) is 4.15. The SMILES string of the molecule is CN(C)Cc1cccc(-c2cnc(N3CCN(c4ccnc(Cl)c4)CC3)nc2)c1. The molecule has 1 aromatic carbocycles. The van der Waals surface area contributed by atoms with Crippen LogP contribution in [0.15, 0.2) is 55.0 Å². The van der Waals surface area contributed by atoms with Crippen LogP contribution in [0.4, 0.5) is 11.6 Å². The zero-order valence-corrected chi connectivity index (χ0v) is 17.5. The van der Waals surface area contributed by atoms with Crippen LogP contribution in [0.1, 0.15) is 5.56 Å². The minimum absolute atomic E-state index is 0.526. The number of benzene rings is 1. The molecule has 0 spiro atoms. The van der Waals surface area contributed by atoms with E-state index in [-0.39, 0.29) is 0 Å². The van der Waals surface area contributed by atoms with E-state index in [1.54, 1.807) is 6.20 Å². The highest BCUT2D eigenvalue weighted by atomic mass is 35.5. The summed E-state index contributed by atoms with van der Waals surface area (Å²) in [5, 5.41) is 0.526. The molecule has 1 saturated heterocycles. The van der Waals surface area contributed by atoms with Gasteiger partial charge in [0.1, 0.15) is 5.15 Å². The van der Waals surface area contributed by atoms with Gasteiger partial charge < -0.3 is 14.7 Å². The van der Waals surface area contributed by atoms with Crippen LogP contribution in [0.5, 0.6) is 0 Å². The summed E-state index contributed by atoms with van der Waals surface area (Å²) >= 11 is 6.02.